The van der Waals surface area contributed by atoms with Crippen molar-refractivity contribution in [3.63, 3.8) is 0 Å². The molecule has 1 aromatic heterocycles. The van der Waals surface area contributed by atoms with Crippen molar-refractivity contribution in [1.82, 2.24) is 9.88 Å². The third-order valence-electron chi connectivity index (χ3n) is 6.39. The zero-order valence-electron chi connectivity index (χ0n) is 17.2. The van der Waals surface area contributed by atoms with Gasteiger partial charge >= 0.3 is 0 Å². The molecule has 2 heterocycles. The van der Waals surface area contributed by atoms with Crippen LogP contribution in [0.25, 0.3) is 10.9 Å². The molecule has 0 aliphatic carbocycles. The Kier molecular flexibility index (Phi) is 5.71. The average molecular weight is 502 g/mol. The van der Waals surface area contributed by atoms with Gasteiger partial charge in [0.15, 0.2) is 0 Å². The number of benzene rings is 2. The van der Waals surface area contributed by atoms with Crippen molar-refractivity contribution in [1.29, 1.82) is 0 Å². The quantitative estimate of drug-likeness (QED) is 0.499. The van der Waals surface area contributed by atoms with E-state index in [1.54, 1.807) is 0 Å². The van der Waals surface area contributed by atoms with Gasteiger partial charge in [-0.2, -0.15) is 0 Å². The molecule has 1 N–H and O–H groups in total. The monoisotopic (exact) mass is 502 g/mol. The summed E-state index contributed by atoms with van der Waals surface area (Å²) in [4.78, 5) is 18.2. The number of nitrogens with one attached hydrogen (secondary N) is 1. The summed E-state index contributed by atoms with van der Waals surface area (Å²) in [7, 11) is 0. The molecule has 1 aliphatic heterocycles. The van der Waals surface area contributed by atoms with E-state index >= 15 is 0 Å². The number of nitrogens with zero attached hydrogens (tertiary/aromatic N) is 1. The summed E-state index contributed by atoms with van der Waals surface area (Å²) in [5.41, 5.74) is 4.19. The maximum atomic E-state index is 12.9. The van der Waals surface area contributed by atoms with Crippen molar-refractivity contribution < 1.29 is 9.53 Å². The Bertz CT molecular complexity index is 1020. The second kappa shape index (κ2) is 8.11. The molecule has 1 atom stereocenters. The lowest BCUT2D eigenvalue weighted by molar-refractivity contribution is 0.0303. The van der Waals surface area contributed by atoms with E-state index in [4.69, 9.17) is 4.74 Å². The van der Waals surface area contributed by atoms with Gasteiger partial charge in [-0.3, -0.25) is 4.79 Å². The lowest BCUT2D eigenvalue weighted by Crippen LogP contribution is -2.40. The lowest BCUT2D eigenvalue weighted by atomic mass is 9.68. The fourth-order valence-corrected chi connectivity index (χ4v) is 4.59. The third-order valence-corrected chi connectivity index (χ3v) is 7.10. The second-order valence-electron chi connectivity index (χ2n) is 8.23. The van der Waals surface area contributed by atoms with Gasteiger partial charge in [-0.25, -0.2) is 0 Å². The smallest absolute Gasteiger partial charge is 0.254 e. The topological polar surface area (TPSA) is 45.3 Å². The van der Waals surface area contributed by atoms with E-state index in [0.29, 0.717) is 32.2 Å². The molecule has 0 spiro atoms. The molecule has 1 unspecified atom stereocenters. The van der Waals surface area contributed by atoms with E-state index in [0.717, 1.165) is 11.1 Å². The SMILES string of the molecule is CC(C)C(C)(c1ccc(I)cc1)c1c[nH]c2cc(C(=O)N3CCOCC3)ccc12. The number of amides is 1. The summed E-state index contributed by atoms with van der Waals surface area (Å²) in [5.74, 6) is 0.492. The van der Waals surface area contributed by atoms with Crippen LogP contribution < -0.4 is 0 Å². The number of fused-ring (bicyclic) bond motifs is 1. The van der Waals surface area contributed by atoms with E-state index in [1.807, 2.05) is 17.0 Å². The molecule has 4 nitrogen and oxygen atoms in total. The molecule has 29 heavy (non-hydrogen) atoms. The number of morpholine rings is 1. The fraction of sp³-hybridized carbons (Fsp3) is 0.375. The molecule has 0 bridgehead atoms. The summed E-state index contributed by atoms with van der Waals surface area (Å²) in [5, 5.41) is 1.18. The number of rotatable bonds is 4. The second-order valence-corrected chi connectivity index (χ2v) is 9.48. The summed E-state index contributed by atoms with van der Waals surface area (Å²) in [6, 6.07) is 14.9. The first kappa shape index (κ1) is 20.4. The molecule has 1 saturated heterocycles. The zero-order chi connectivity index (χ0) is 20.6. The number of H-pyrrole nitrogens is 1. The number of carbonyl (C=O) groups excluding carboxylic acids is 1. The first-order valence-corrected chi connectivity index (χ1v) is 11.2. The lowest BCUT2D eigenvalue weighted by Gasteiger charge is -2.35. The van der Waals surface area contributed by atoms with Crippen LogP contribution in [0.5, 0.6) is 0 Å². The van der Waals surface area contributed by atoms with E-state index in [2.05, 4.69) is 84.9 Å². The molecule has 152 valence electrons. The molecule has 5 heteroatoms. The fourth-order valence-electron chi connectivity index (χ4n) is 4.23. The predicted octanol–water partition coefficient (Wildman–Crippen LogP) is 5.21. The van der Waals surface area contributed by atoms with Crippen molar-refractivity contribution in [3.05, 3.63) is 68.9 Å². The molecule has 1 fully saturated rings. The van der Waals surface area contributed by atoms with E-state index in [-0.39, 0.29) is 11.3 Å². The van der Waals surface area contributed by atoms with Crippen LogP contribution in [0.4, 0.5) is 0 Å². The van der Waals surface area contributed by atoms with Gasteiger partial charge in [0.2, 0.25) is 0 Å². The first-order chi connectivity index (χ1) is 13.9. The minimum atomic E-state index is -0.127. The van der Waals surface area contributed by atoms with Gasteiger partial charge < -0.3 is 14.6 Å². The van der Waals surface area contributed by atoms with Crippen LogP contribution in [-0.4, -0.2) is 42.1 Å². The number of hydrogen-bond donors (Lipinski definition) is 1. The summed E-state index contributed by atoms with van der Waals surface area (Å²) in [6.07, 6.45) is 2.12. The summed E-state index contributed by atoms with van der Waals surface area (Å²) >= 11 is 2.35. The van der Waals surface area contributed by atoms with Gasteiger partial charge in [0.1, 0.15) is 0 Å². The van der Waals surface area contributed by atoms with Crippen LogP contribution in [0.15, 0.2) is 48.7 Å². The van der Waals surface area contributed by atoms with Crippen LogP contribution in [0, 0.1) is 9.49 Å². The highest BCUT2D eigenvalue weighted by Gasteiger charge is 2.34. The molecule has 0 radical (unpaired) electrons. The van der Waals surface area contributed by atoms with Crippen molar-refractivity contribution in [3.8, 4) is 0 Å². The Labute approximate surface area is 185 Å². The van der Waals surface area contributed by atoms with Gasteiger partial charge in [-0.05, 0) is 63.9 Å². The van der Waals surface area contributed by atoms with Gasteiger partial charge in [0, 0.05) is 44.7 Å². The maximum Gasteiger partial charge on any atom is 0.254 e. The van der Waals surface area contributed by atoms with E-state index in [1.165, 1.54) is 20.1 Å². The van der Waals surface area contributed by atoms with Crippen molar-refractivity contribution >= 4 is 39.4 Å². The van der Waals surface area contributed by atoms with Crippen LogP contribution in [0.1, 0.15) is 42.3 Å². The van der Waals surface area contributed by atoms with Gasteiger partial charge in [0.25, 0.3) is 5.91 Å². The standard InChI is InChI=1S/C24H27IN2O2/c1-16(2)24(3,18-5-7-19(25)8-6-18)21-15-26-22-14-17(4-9-20(21)22)23(28)27-10-12-29-13-11-27/h4-9,14-16,26H,10-13H2,1-3H3. The molecule has 0 saturated carbocycles. The maximum absolute atomic E-state index is 12.9. The highest BCUT2D eigenvalue weighted by Crippen LogP contribution is 2.42. The number of aromatic amines is 1. The summed E-state index contributed by atoms with van der Waals surface area (Å²) in [6.45, 7) is 9.40. The number of hydrogen-bond acceptors (Lipinski definition) is 2. The number of ether oxygens (including phenoxy) is 1. The Morgan fingerprint density at radius 2 is 1.83 bits per heavy atom. The Morgan fingerprint density at radius 1 is 1.14 bits per heavy atom. The molecule has 4 rings (SSSR count). The number of carbonyl (C=O) groups is 1. The molecular formula is C24H27IN2O2. The van der Waals surface area contributed by atoms with Gasteiger partial charge in [0.05, 0.1) is 13.2 Å². The highest BCUT2D eigenvalue weighted by molar-refractivity contribution is 14.1. The van der Waals surface area contributed by atoms with Crippen LogP contribution in [-0.2, 0) is 10.2 Å². The van der Waals surface area contributed by atoms with Crippen molar-refractivity contribution in [2.24, 2.45) is 5.92 Å². The van der Waals surface area contributed by atoms with Crippen molar-refractivity contribution in [2.45, 2.75) is 26.2 Å². The van der Waals surface area contributed by atoms with Crippen LogP contribution >= 0.6 is 22.6 Å². The van der Waals surface area contributed by atoms with Gasteiger partial charge in [-0.15, -0.1) is 0 Å². The normalized spacial score (nSPS) is 16.9. The largest absolute Gasteiger partial charge is 0.378 e. The molecule has 1 amide bonds. The Balaban J connectivity index is 1.74. The van der Waals surface area contributed by atoms with Crippen LogP contribution in [0.2, 0.25) is 0 Å². The number of halogens is 1. The molecular weight excluding hydrogens is 475 g/mol. The molecule has 2 aromatic carbocycles. The molecule has 1 aliphatic rings. The zero-order valence-corrected chi connectivity index (χ0v) is 19.3. The van der Waals surface area contributed by atoms with Gasteiger partial charge in [-0.1, -0.05) is 39.0 Å². The Morgan fingerprint density at radius 3 is 2.48 bits per heavy atom. The van der Waals surface area contributed by atoms with Crippen LogP contribution in [0.3, 0.4) is 0 Å². The first-order valence-electron chi connectivity index (χ1n) is 10.2. The van der Waals surface area contributed by atoms with E-state index in [9.17, 15) is 4.79 Å². The third kappa shape index (κ3) is 3.70. The minimum Gasteiger partial charge on any atom is -0.378 e. The van der Waals surface area contributed by atoms with Crippen molar-refractivity contribution in [2.75, 3.05) is 26.3 Å². The molecule has 3 aromatic rings. The Hall–Kier alpha value is -1.86. The van der Waals surface area contributed by atoms with E-state index < -0.39 is 0 Å². The predicted molar refractivity (Wildman–Crippen MR) is 125 cm³/mol. The summed E-state index contributed by atoms with van der Waals surface area (Å²) < 4.78 is 6.61. The number of aromatic nitrogens is 1. The highest BCUT2D eigenvalue weighted by atomic mass is 127. The average Bonchev–Trinajstić information content (AvgIpc) is 3.17. The minimum absolute atomic E-state index is 0.0793.